The third kappa shape index (κ3) is 4.29. The topological polar surface area (TPSA) is 114 Å². The van der Waals surface area contributed by atoms with E-state index in [1.807, 2.05) is 24.3 Å². The summed E-state index contributed by atoms with van der Waals surface area (Å²) in [6, 6.07) is 46.9. The van der Waals surface area contributed by atoms with Crippen molar-refractivity contribution in [2.24, 2.45) is 0 Å². The Morgan fingerprint density at radius 3 is 1.38 bits per heavy atom. The van der Waals surface area contributed by atoms with Gasteiger partial charge < -0.3 is 29.9 Å². The monoisotopic (exact) mass is 652 g/mol. The Morgan fingerprint density at radius 2 is 0.820 bits per heavy atom. The van der Waals surface area contributed by atoms with Crippen LogP contribution < -0.4 is 0 Å². The molecule has 9 rings (SSSR count). The summed E-state index contributed by atoms with van der Waals surface area (Å²) < 4.78 is 6.62. The predicted molar refractivity (Wildman–Crippen MR) is 199 cm³/mol. The normalized spacial score (nSPS) is 11.6. The van der Waals surface area contributed by atoms with E-state index in [9.17, 15) is 25.5 Å². The molecule has 240 valence electrons. The number of fused-ring (bicyclic) bond motifs is 5. The summed E-state index contributed by atoms with van der Waals surface area (Å²) in [6.45, 7) is 0. The summed E-state index contributed by atoms with van der Waals surface area (Å²) in [4.78, 5) is 0. The van der Waals surface area contributed by atoms with Crippen LogP contribution in [0.1, 0.15) is 0 Å². The molecule has 6 nitrogen and oxygen atoms in total. The SMILES string of the molecule is Oc1c(O)c(O)c(-c2ccc3oc4c(-c5c6cccc(-c7ccccc7)c6cc6c(-c7ccccc7)cccc56)cccc4c3c2)c(O)c1O. The van der Waals surface area contributed by atoms with Gasteiger partial charge in [-0.3, -0.25) is 0 Å². The summed E-state index contributed by atoms with van der Waals surface area (Å²) in [5.74, 6) is -4.37. The molecule has 1 aromatic heterocycles. The van der Waals surface area contributed by atoms with Gasteiger partial charge in [0.15, 0.2) is 11.5 Å². The fourth-order valence-electron chi connectivity index (χ4n) is 7.31. The van der Waals surface area contributed by atoms with Crippen molar-refractivity contribution in [3.05, 3.63) is 140 Å². The molecule has 0 saturated heterocycles. The summed E-state index contributed by atoms with van der Waals surface area (Å²) in [5.41, 5.74) is 7.73. The molecule has 9 aromatic rings. The Balaban J connectivity index is 1.36. The zero-order valence-corrected chi connectivity index (χ0v) is 26.4. The molecular formula is C44H28O6. The molecule has 0 aliphatic rings. The second-order valence-electron chi connectivity index (χ2n) is 12.4. The van der Waals surface area contributed by atoms with Gasteiger partial charge in [-0.25, -0.2) is 0 Å². The number of benzene rings is 8. The minimum atomic E-state index is -1.00. The van der Waals surface area contributed by atoms with Crippen molar-refractivity contribution in [1.29, 1.82) is 0 Å². The molecule has 50 heavy (non-hydrogen) atoms. The first kappa shape index (κ1) is 29.2. The van der Waals surface area contributed by atoms with Crippen LogP contribution in [0.4, 0.5) is 0 Å². The van der Waals surface area contributed by atoms with E-state index >= 15 is 0 Å². The first-order chi connectivity index (χ1) is 24.4. The standard InChI is InChI=1S/C44H28O6/c45-39-37(40(46)42(48)43(49)41(39)47)26-20-21-36-35(22-26)31-18-9-19-32(44(31)50-36)38-29-16-7-14-27(24-10-3-1-4-11-24)33(29)23-34-28(15-8-17-30(34)38)25-12-5-2-6-13-25/h1-23,45-49H. The van der Waals surface area contributed by atoms with E-state index in [1.165, 1.54) is 0 Å². The Kier molecular flexibility index (Phi) is 6.48. The van der Waals surface area contributed by atoms with Crippen LogP contribution in [-0.4, -0.2) is 25.5 Å². The molecule has 1 heterocycles. The van der Waals surface area contributed by atoms with Crippen molar-refractivity contribution in [2.45, 2.75) is 0 Å². The maximum atomic E-state index is 10.7. The molecule has 0 saturated carbocycles. The number of phenols is 5. The average Bonchev–Trinajstić information content (AvgIpc) is 3.54. The lowest BCUT2D eigenvalue weighted by molar-refractivity contribution is 0.330. The van der Waals surface area contributed by atoms with Gasteiger partial charge in [0.2, 0.25) is 17.2 Å². The van der Waals surface area contributed by atoms with Crippen LogP contribution in [0.3, 0.4) is 0 Å². The highest BCUT2D eigenvalue weighted by Crippen LogP contribution is 2.55. The number of para-hydroxylation sites is 1. The quantitative estimate of drug-likeness (QED) is 0.0734. The number of phenolic OH excluding ortho intramolecular Hbond substituents is 5. The van der Waals surface area contributed by atoms with Gasteiger partial charge in [0.05, 0.1) is 5.56 Å². The summed E-state index contributed by atoms with van der Waals surface area (Å²) in [6.07, 6.45) is 0. The highest BCUT2D eigenvalue weighted by molar-refractivity contribution is 6.22. The largest absolute Gasteiger partial charge is 0.504 e. The van der Waals surface area contributed by atoms with E-state index in [0.717, 1.165) is 60.3 Å². The molecule has 0 spiro atoms. The first-order valence-corrected chi connectivity index (χ1v) is 16.1. The molecule has 0 aliphatic carbocycles. The molecule has 0 fully saturated rings. The van der Waals surface area contributed by atoms with Crippen LogP contribution in [0.5, 0.6) is 28.7 Å². The lowest BCUT2D eigenvalue weighted by Crippen LogP contribution is -1.91. The molecule has 0 amide bonds. The van der Waals surface area contributed by atoms with E-state index in [1.54, 1.807) is 18.2 Å². The van der Waals surface area contributed by atoms with Gasteiger partial charge in [-0.15, -0.1) is 0 Å². The third-order valence-electron chi connectivity index (χ3n) is 9.63. The van der Waals surface area contributed by atoms with Crippen molar-refractivity contribution >= 4 is 43.5 Å². The maximum absolute atomic E-state index is 10.7. The average molecular weight is 653 g/mol. The number of rotatable bonds is 4. The second-order valence-corrected chi connectivity index (χ2v) is 12.4. The fourth-order valence-corrected chi connectivity index (χ4v) is 7.31. The van der Waals surface area contributed by atoms with Crippen molar-refractivity contribution < 1.29 is 29.9 Å². The number of aromatic hydroxyl groups is 5. The lowest BCUT2D eigenvalue weighted by Gasteiger charge is -2.17. The van der Waals surface area contributed by atoms with Crippen LogP contribution in [0.2, 0.25) is 0 Å². The number of hydrogen-bond donors (Lipinski definition) is 5. The van der Waals surface area contributed by atoms with Crippen molar-refractivity contribution in [1.82, 2.24) is 0 Å². The van der Waals surface area contributed by atoms with Crippen LogP contribution in [0.25, 0.3) is 88.0 Å². The summed E-state index contributed by atoms with van der Waals surface area (Å²) in [7, 11) is 0. The smallest absolute Gasteiger partial charge is 0.208 e. The van der Waals surface area contributed by atoms with Gasteiger partial charge >= 0.3 is 0 Å². The zero-order chi connectivity index (χ0) is 34.1. The van der Waals surface area contributed by atoms with E-state index < -0.39 is 28.7 Å². The molecular weight excluding hydrogens is 624 g/mol. The van der Waals surface area contributed by atoms with Gasteiger partial charge in [0.25, 0.3) is 0 Å². The highest BCUT2D eigenvalue weighted by Gasteiger charge is 2.25. The second kappa shape index (κ2) is 11.1. The maximum Gasteiger partial charge on any atom is 0.208 e. The van der Waals surface area contributed by atoms with Crippen LogP contribution >= 0.6 is 0 Å². The van der Waals surface area contributed by atoms with E-state index in [0.29, 0.717) is 22.1 Å². The summed E-state index contributed by atoms with van der Waals surface area (Å²) in [5, 5.41) is 57.6. The molecule has 0 unspecified atom stereocenters. The van der Waals surface area contributed by atoms with Crippen molar-refractivity contribution in [3.8, 4) is 73.3 Å². The molecule has 5 N–H and O–H groups in total. The van der Waals surface area contributed by atoms with Crippen molar-refractivity contribution in [3.63, 3.8) is 0 Å². The van der Waals surface area contributed by atoms with Crippen LogP contribution in [-0.2, 0) is 0 Å². The van der Waals surface area contributed by atoms with Crippen LogP contribution in [0, 0.1) is 0 Å². The molecule has 8 aromatic carbocycles. The predicted octanol–water partition coefficient (Wildman–Crippen LogP) is 11.1. The highest BCUT2D eigenvalue weighted by atomic mass is 16.4. The lowest BCUT2D eigenvalue weighted by atomic mass is 9.86. The Hall–Kier alpha value is -6.92. The van der Waals surface area contributed by atoms with Crippen LogP contribution in [0.15, 0.2) is 144 Å². The van der Waals surface area contributed by atoms with Gasteiger partial charge in [-0.05, 0) is 67.6 Å². The van der Waals surface area contributed by atoms with Crippen molar-refractivity contribution in [2.75, 3.05) is 0 Å². The number of furan rings is 1. The Morgan fingerprint density at radius 1 is 0.320 bits per heavy atom. The zero-order valence-electron chi connectivity index (χ0n) is 26.4. The molecule has 0 atom stereocenters. The molecule has 0 bridgehead atoms. The van der Waals surface area contributed by atoms with Gasteiger partial charge in [0.1, 0.15) is 11.2 Å². The third-order valence-corrected chi connectivity index (χ3v) is 9.63. The molecule has 6 heteroatoms. The minimum Gasteiger partial charge on any atom is -0.504 e. The number of hydrogen-bond acceptors (Lipinski definition) is 6. The van der Waals surface area contributed by atoms with Gasteiger partial charge in [-0.2, -0.15) is 0 Å². The minimum absolute atomic E-state index is 0.216. The molecule has 0 aliphatic heterocycles. The summed E-state index contributed by atoms with van der Waals surface area (Å²) >= 11 is 0. The Bertz CT molecular complexity index is 2670. The van der Waals surface area contributed by atoms with E-state index in [2.05, 4.69) is 97.1 Å². The van der Waals surface area contributed by atoms with E-state index in [4.69, 9.17) is 4.42 Å². The molecule has 0 radical (unpaired) electrons. The van der Waals surface area contributed by atoms with Gasteiger partial charge in [-0.1, -0.05) is 121 Å². The Labute approximate surface area is 285 Å². The first-order valence-electron chi connectivity index (χ1n) is 16.1. The van der Waals surface area contributed by atoms with E-state index in [-0.39, 0.29) is 5.56 Å². The fraction of sp³-hybridized carbons (Fsp3) is 0. The van der Waals surface area contributed by atoms with Gasteiger partial charge in [0, 0.05) is 21.9 Å².